The predicted octanol–water partition coefficient (Wildman–Crippen LogP) is 3.08. The van der Waals surface area contributed by atoms with E-state index in [4.69, 9.17) is 0 Å². The third-order valence-electron chi connectivity index (χ3n) is 2.20. The molecule has 1 aromatic carbocycles. The Kier molecular flexibility index (Phi) is 2.90. The van der Waals surface area contributed by atoms with Crippen molar-refractivity contribution in [2.75, 3.05) is 0 Å². The maximum atomic E-state index is 10.5. The highest BCUT2D eigenvalue weighted by molar-refractivity contribution is 5.77. The van der Waals surface area contributed by atoms with Crippen molar-refractivity contribution in [3.63, 3.8) is 0 Å². The molecule has 0 atom stereocenters. The molecule has 0 amide bonds. The molecular formula is C13H15O. The largest absolute Gasteiger partial charge is 0.285 e. The van der Waals surface area contributed by atoms with E-state index in [-0.39, 0.29) is 5.41 Å². The monoisotopic (exact) mass is 187 g/mol. The average Bonchev–Trinajstić information content (AvgIpc) is 2.15. The number of carbonyl (C=O) groups excluding carboxylic acids is 1. The third-order valence-corrected chi connectivity index (χ3v) is 2.20. The number of hydrogen-bond acceptors (Lipinski definition) is 1. The Balaban J connectivity index is 3.32. The van der Waals surface area contributed by atoms with Crippen LogP contribution in [0.1, 0.15) is 37.5 Å². The molecule has 1 radical (unpaired) electrons. The fourth-order valence-electron chi connectivity index (χ4n) is 1.48. The van der Waals surface area contributed by atoms with Crippen molar-refractivity contribution in [2.24, 2.45) is 0 Å². The molecule has 0 N–H and O–H groups in total. The fourth-order valence-corrected chi connectivity index (χ4v) is 1.48. The first kappa shape index (κ1) is 10.7. The summed E-state index contributed by atoms with van der Waals surface area (Å²) in [7, 11) is 0. The zero-order valence-corrected chi connectivity index (χ0v) is 8.92. The summed E-state index contributed by atoms with van der Waals surface area (Å²) < 4.78 is 0. The highest BCUT2D eigenvalue weighted by Gasteiger charge is 2.16. The third kappa shape index (κ3) is 2.11. The summed E-state index contributed by atoms with van der Waals surface area (Å²) in [6.07, 6.45) is 3.66. The van der Waals surface area contributed by atoms with Crippen LogP contribution in [0.4, 0.5) is 0 Å². The van der Waals surface area contributed by atoms with Crippen molar-refractivity contribution in [3.8, 4) is 0 Å². The maximum Gasteiger partial charge on any atom is 0.233 e. The smallest absolute Gasteiger partial charge is 0.233 e. The van der Waals surface area contributed by atoms with Crippen LogP contribution in [-0.4, -0.2) is 6.29 Å². The van der Waals surface area contributed by atoms with Crippen LogP contribution >= 0.6 is 0 Å². The first-order valence-electron chi connectivity index (χ1n) is 4.64. The van der Waals surface area contributed by atoms with Crippen molar-refractivity contribution >= 4 is 12.4 Å². The van der Waals surface area contributed by atoms with Gasteiger partial charge in [0.05, 0.1) is 0 Å². The molecule has 0 aromatic heterocycles. The van der Waals surface area contributed by atoms with E-state index >= 15 is 0 Å². The molecule has 1 heteroatoms. The molecule has 0 heterocycles. The average molecular weight is 187 g/mol. The van der Waals surface area contributed by atoms with E-state index < -0.39 is 0 Å². The molecule has 0 aliphatic heterocycles. The number of hydrogen-bond donors (Lipinski definition) is 0. The maximum absolute atomic E-state index is 10.5. The van der Waals surface area contributed by atoms with Gasteiger partial charge in [-0.05, 0) is 22.6 Å². The lowest BCUT2D eigenvalue weighted by molar-refractivity contribution is 0.562. The van der Waals surface area contributed by atoms with Crippen LogP contribution in [0.3, 0.4) is 0 Å². The number of benzene rings is 1. The van der Waals surface area contributed by atoms with Gasteiger partial charge in [0.15, 0.2) is 0 Å². The second-order valence-electron chi connectivity index (χ2n) is 4.36. The molecule has 0 aliphatic rings. The van der Waals surface area contributed by atoms with Gasteiger partial charge < -0.3 is 0 Å². The van der Waals surface area contributed by atoms with Crippen molar-refractivity contribution < 1.29 is 4.79 Å². The molecule has 0 saturated carbocycles. The fraction of sp³-hybridized carbons (Fsp3) is 0.308. The summed E-state index contributed by atoms with van der Waals surface area (Å²) in [5.41, 5.74) is 2.86. The summed E-state index contributed by atoms with van der Waals surface area (Å²) in [6.45, 7) is 10.2. The summed E-state index contributed by atoms with van der Waals surface area (Å²) in [5.74, 6) is 0. The Morgan fingerprint density at radius 3 is 2.43 bits per heavy atom. The van der Waals surface area contributed by atoms with Gasteiger partial charge in [-0.2, -0.15) is 0 Å². The van der Waals surface area contributed by atoms with Gasteiger partial charge in [0.2, 0.25) is 6.29 Å². The van der Waals surface area contributed by atoms with Gasteiger partial charge in [-0.25, -0.2) is 0 Å². The molecule has 1 nitrogen and oxygen atoms in total. The Hall–Kier alpha value is -1.37. The van der Waals surface area contributed by atoms with Crippen LogP contribution in [0.15, 0.2) is 24.8 Å². The highest BCUT2D eigenvalue weighted by Crippen LogP contribution is 2.26. The second kappa shape index (κ2) is 3.79. The molecule has 73 valence electrons. The van der Waals surface area contributed by atoms with Crippen LogP contribution in [0.2, 0.25) is 0 Å². The summed E-state index contributed by atoms with van der Waals surface area (Å²) >= 11 is 0. The summed E-state index contributed by atoms with van der Waals surface area (Å²) in [4.78, 5) is 10.5. The Morgan fingerprint density at radius 2 is 2.00 bits per heavy atom. The quantitative estimate of drug-likeness (QED) is 0.695. The van der Waals surface area contributed by atoms with Gasteiger partial charge in [0.25, 0.3) is 0 Å². The van der Waals surface area contributed by atoms with Crippen molar-refractivity contribution in [2.45, 2.75) is 26.2 Å². The van der Waals surface area contributed by atoms with Gasteiger partial charge in [0, 0.05) is 5.56 Å². The number of rotatable bonds is 2. The lowest BCUT2D eigenvalue weighted by Crippen LogP contribution is -2.13. The summed E-state index contributed by atoms with van der Waals surface area (Å²) in [5, 5.41) is 0. The van der Waals surface area contributed by atoms with Crippen LogP contribution in [-0.2, 0) is 10.2 Å². The molecule has 0 fully saturated rings. The topological polar surface area (TPSA) is 17.1 Å². The van der Waals surface area contributed by atoms with E-state index in [9.17, 15) is 4.79 Å². The molecule has 0 saturated heterocycles. The van der Waals surface area contributed by atoms with Crippen LogP contribution in [0.5, 0.6) is 0 Å². The van der Waals surface area contributed by atoms with Gasteiger partial charge in [-0.15, -0.1) is 0 Å². The van der Waals surface area contributed by atoms with Gasteiger partial charge in [0.1, 0.15) is 0 Å². The first-order valence-corrected chi connectivity index (χ1v) is 4.64. The van der Waals surface area contributed by atoms with E-state index in [0.29, 0.717) is 5.56 Å². The lowest BCUT2D eigenvalue weighted by atomic mass is 9.83. The second-order valence-corrected chi connectivity index (χ2v) is 4.36. The molecule has 0 aliphatic carbocycles. The SMILES string of the molecule is C=Cc1cc([C]=O)ccc1C(C)(C)C. The van der Waals surface area contributed by atoms with E-state index in [1.54, 1.807) is 12.1 Å². The van der Waals surface area contributed by atoms with Crippen molar-refractivity contribution in [1.82, 2.24) is 0 Å². The van der Waals surface area contributed by atoms with Crippen LogP contribution in [0.25, 0.3) is 6.08 Å². The van der Waals surface area contributed by atoms with E-state index in [1.165, 1.54) is 5.56 Å². The zero-order chi connectivity index (χ0) is 10.8. The van der Waals surface area contributed by atoms with E-state index in [1.807, 2.05) is 18.4 Å². The molecule has 1 aromatic rings. The van der Waals surface area contributed by atoms with Crippen molar-refractivity contribution in [3.05, 3.63) is 41.5 Å². The lowest BCUT2D eigenvalue weighted by Gasteiger charge is -2.21. The molecule has 0 unspecified atom stereocenters. The Labute approximate surface area is 85.5 Å². The highest BCUT2D eigenvalue weighted by atomic mass is 16.1. The Morgan fingerprint density at radius 1 is 1.36 bits per heavy atom. The molecule has 1 rings (SSSR count). The van der Waals surface area contributed by atoms with Crippen molar-refractivity contribution in [1.29, 1.82) is 0 Å². The molecule has 0 spiro atoms. The standard InChI is InChI=1S/C13H15O/c1-5-11-8-10(9-14)6-7-12(11)13(2,3)4/h5-8H,1H2,2-4H3. The first-order chi connectivity index (χ1) is 6.49. The van der Waals surface area contributed by atoms with Gasteiger partial charge in [-0.3, -0.25) is 4.79 Å². The van der Waals surface area contributed by atoms with Gasteiger partial charge >= 0.3 is 0 Å². The van der Waals surface area contributed by atoms with E-state index in [0.717, 1.165) is 5.56 Å². The molecular weight excluding hydrogens is 172 g/mol. The van der Waals surface area contributed by atoms with Crippen LogP contribution in [0, 0.1) is 0 Å². The Bertz CT molecular complexity index is 356. The van der Waals surface area contributed by atoms with E-state index in [2.05, 4.69) is 27.4 Å². The van der Waals surface area contributed by atoms with Gasteiger partial charge in [-0.1, -0.05) is 45.6 Å². The predicted molar refractivity (Wildman–Crippen MR) is 60.0 cm³/mol. The minimum absolute atomic E-state index is 0.0743. The minimum Gasteiger partial charge on any atom is -0.285 e. The zero-order valence-electron chi connectivity index (χ0n) is 8.92. The summed E-state index contributed by atoms with van der Waals surface area (Å²) in [6, 6.07) is 5.58. The molecule has 0 bridgehead atoms. The minimum atomic E-state index is 0.0743. The molecule has 14 heavy (non-hydrogen) atoms. The van der Waals surface area contributed by atoms with Crippen LogP contribution < -0.4 is 0 Å². The normalized spacial score (nSPS) is 11.1.